The fourth-order valence-corrected chi connectivity index (χ4v) is 2.20. The first-order chi connectivity index (χ1) is 5.58. The van der Waals surface area contributed by atoms with E-state index in [4.69, 9.17) is 16.4 Å². The normalized spacial score (nSPS) is 15.5. The van der Waals surface area contributed by atoms with E-state index in [1.807, 2.05) is 0 Å². The van der Waals surface area contributed by atoms with Crippen LogP contribution >= 0.6 is 11.6 Å². The number of rotatable bonds is 2. The summed E-state index contributed by atoms with van der Waals surface area (Å²) in [6, 6.07) is 3.21. The maximum Gasteiger partial charge on any atom is 0.145 e. The van der Waals surface area contributed by atoms with Crippen LogP contribution in [0.1, 0.15) is 6.92 Å². The van der Waals surface area contributed by atoms with Crippen molar-refractivity contribution in [1.29, 1.82) is 4.78 Å². The second-order valence-electron chi connectivity index (χ2n) is 2.26. The Labute approximate surface area is 76.8 Å². The van der Waals surface area contributed by atoms with E-state index < -0.39 is 9.73 Å². The van der Waals surface area contributed by atoms with E-state index in [1.165, 1.54) is 6.20 Å². The van der Waals surface area contributed by atoms with Gasteiger partial charge in [-0.25, -0.2) is 14.0 Å². The van der Waals surface area contributed by atoms with Crippen LogP contribution < -0.4 is 0 Å². The third kappa shape index (κ3) is 1.76. The lowest BCUT2D eigenvalue weighted by atomic mass is 10.5. The molecule has 0 bridgehead atoms. The first kappa shape index (κ1) is 9.48. The Hall–Kier alpha value is -0.610. The smallest absolute Gasteiger partial charge is 0.145 e. The molecule has 12 heavy (non-hydrogen) atoms. The summed E-state index contributed by atoms with van der Waals surface area (Å²) in [6.07, 6.45) is 1.51. The molecular weight excluding hydrogens is 196 g/mol. The molecule has 0 amide bonds. The van der Waals surface area contributed by atoms with Crippen LogP contribution in [0.4, 0.5) is 0 Å². The molecule has 66 valence electrons. The highest BCUT2D eigenvalue weighted by Gasteiger charge is 2.11. The summed E-state index contributed by atoms with van der Waals surface area (Å²) < 4.78 is 19.0. The standard InChI is InChI=1S/C7H9ClN2OS/c1-2-12(9,11)6-4-3-5-10-7(6)8/h3-5,9H,2H2,1H3. The van der Waals surface area contributed by atoms with Gasteiger partial charge in [-0.2, -0.15) is 0 Å². The van der Waals surface area contributed by atoms with Gasteiger partial charge in [0.2, 0.25) is 0 Å². The maximum absolute atomic E-state index is 11.5. The molecule has 0 saturated heterocycles. The zero-order valence-electron chi connectivity index (χ0n) is 6.58. The molecule has 3 nitrogen and oxygen atoms in total. The van der Waals surface area contributed by atoms with E-state index in [0.29, 0.717) is 4.90 Å². The fourth-order valence-electron chi connectivity index (χ4n) is 0.773. The molecule has 5 heteroatoms. The molecular formula is C7H9ClN2OS. The Bertz CT molecular complexity index is 375. The van der Waals surface area contributed by atoms with Crippen molar-refractivity contribution < 1.29 is 4.21 Å². The van der Waals surface area contributed by atoms with E-state index >= 15 is 0 Å². The van der Waals surface area contributed by atoms with Crippen molar-refractivity contribution in [2.75, 3.05) is 5.75 Å². The molecule has 0 aliphatic carbocycles. The molecule has 1 heterocycles. The summed E-state index contributed by atoms with van der Waals surface area (Å²) in [5, 5.41) is 0.166. The first-order valence-corrected chi connectivity index (χ1v) is 5.55. The van der Waals surface area contributed by atoms with E-state index in [0.717, 1.165) is 0 Å². The largest absolute Gasteiger partial charge is 0.249 e. The van der Waals surface area contributed by atoms with Gasteiger partial charge in [-0.05, 0) is 12.1 Å². The van der Waals surface area contributed by atoms with Gasteiger partial charge >= 0.3 is 0 Å². The quantitative estimate of drug-likeness (QED) is 0.751. The number of hydrogen-bond donors (Lipinski definition) is 1. The number of nitrogens with one attached hydrogen (secondary N) is 1. The summed E-state index contributed by atoms with van der Waals surface area (Å²) in [4.78, 5) is 4.09. The molecule has 0 saturated carbocycles. The third-order valence-corrected chi connectivity index (χ3v) is 3.75. The summed E-state index contributed by atoms with van der Waals surface area (Å²) in [5.41, 5.74) is 0. The zero-order valence-corrected chi connectivity index (χ0v) is 8.15. The topological polar surface area (TPSA) is 53.8 Å². The van der Waals surface area contributed by atoms with Gasteiger partial charge in [0.1, 0.15) is 5.15 Å². The van der Waals surface area contributed by atoms with Crippen molar-refractivity contribution in [3.8, 4) is 0 Å². The number of nitrogens with zero attached hydrogens (tertiary/aromatic N) is 1. The highest BCUT2D eigenvalue weighted by atomic mass is 35.5. The molecule has 0 aliphatic heterocycles. The minimum absolute atomic E-state index is 0.166. The number of aromatic nitrogens is 1. The molecule has 0 spiro atoms. The van der Waals surface area contributed by atoms with E-state index in [9.17, 15) is 4.21 Å². The molecule has 1 unspecified atom stereocenters. The van der Waals surface area contributed by atoms with Gasteiger partial charge in [-0.1, -0.05) is 18.5 Å². The van der Waals surface area contributed by atoms with Crippen LogP contribution in [0.25, 0.3) is 0 Å². The molecule has 0 aromatic carbocycles. The van der Waals surface area contributed by atoms with E-state index in [-0.39, 0.29) is 10.9 Å². The van der Waals surface area contributed by atoms with Crippen LogP contribution in [0.5, 0.6) is 0 Å². The Morgan fingerprint density at radius 2 is 2.42 bits per heavy atom. The van der Waals surface area contributed by atoms with Crippen LogP contribution in [0.3, 0.4) is 0 Å². The lowest BCUT2D eigenvalue weighted by Gasteiger charge is -2.04. The second-order valence-corrected chi connectivity index (χ2v) is 4.98. The third-order valence-electron chi connectivity index (χ3n) is 1.49. The summed E-state index contributed by atoms with van der Waals surface area (Å²) in [6.45, 7) is 1.69. The van der Waals surface area contributed by atoms with E-state index in [2.05, 4.69) is 4.98 Å². The lowest BCUT2D eigenvalue weighted by molar-refractivity contribution is 0.675. The monoisotopic (exact) mass is 204 g/mol. The van der Waals surface area contributed by atoms with Gasteiger partial charge in [0.05, 0.1) is 14.6 Å². The van der Waals surface area contributed by atoms with Crippen LogP contribution in [-0.2, 0) is 9.73 Å². The first-order valence-electron chi connectivity index (χ1n) is 3.45. The average Bonchev–Trinajstić information content (AvgIpc) is 2.05. The summed E-state index contributed by atoms with van der Waals surface area (Å²) in [7, 11) is -2.72. The summed E-state index contributed by atoms with van der Waals surface area (Å²) in [5.74, 6) is 0.262. The Balaban J connectivity index is 3.30. The second kappa shape index (κ2) is 3.41. The van der Waals surface area contributed by atoms with Crippen LogP contribution in [0, 0.1) is 4.78 Å². The van der Waals surface area contributed by atoms with Crippen molar-refractivity contribution >= 4 is 21.3 Å². The molecule has 0 fully saturated rings. The van der Waals surface area contributed by atoms with Crippen molar-refractivity contribution in [2.24, 2.45) is 0 Å². The molecule has 1 aromatic heterocycles. The molecule has 1 N–H and O–H groups in total. The van der Waals surface area contributed by atoms with Crippen molar-refractivity contribution in [2.45, 2.75) is 11.8 Å². The molecule has 0 aliphatic rings. The van der Waals surface area contributed by atoms with Crippen molar-refractivity contribution in [1.82, 2.24) is 4.98 Å². The Morgan fingerprint density at radius 3 is 2.92 bits per heavy atom. The fraction of sp³-hybridized carbons (Fsp3) is 0.286. The highest BCUT2D eigenvalue weighted by Crippen LogP contribution is 2.19. The van der Waals surface area contributed by atoms with Crippen LogP contribution in [-0.4, -0.2) is 14.9 Å². The minimum Gasteiger partial charge on any atom is -0.249 e. The number of hydrogen-bond acceptors (Lipinski definition) is 3. The van der Waals surface area contributed by atoms with Gasteiger partial charge in [-0.15, -0.1) is 0 Å². The van der Waals surface area contributed by atoms with Gasteiger partial charge in [0, 0.05) is 11.9 Å². The highest BCUT2D eigenvalue weighted by molar-refractivity contribution is 7.92. The minimum atomic E-state index is -2.72. The van der Waals surface area contributed by atoms with Crippen LogP contribution in [0.2, 0.25) is 5.15 Å². The predicted molar refractivity (Wildman–Crippen MR) is 48.9 cm³/mol. The van der Waals surface area contributed by atoms with Gasteiger partial charge < -0.3 is 0 Å². The molecule has 1 atom stereocenters. The Morgan fingerprint density at radius 1 is 1.75 bits per heavy atom. The van der Waals surface area contributed by atoms with Crippen molar-refractivity contribution in [3.05, 3.63) is 23.5 Å². The van der Waals surface area contributed by atoms with Crippen LogP contribution in [0.15, 0.2) is 23.2 Å². The SMILES string of the molecule is CCS(=N)(=O)c1cccnc1Cl. The Kier molecular flexibility index (Phi) is 2.69. The zero-order chi connectivity index (χ0) is 9.19. The average molecular weight is 205 g/mol. The molecule has 1 aromatic rings. The van der Waals surface area contributed by atoms with Gasteiger partial charge in [0.25, 0.3) is 0 Å². The van der Waals surface area contributed by atoms with Crippen molar-refractivity contribution in [3.63, 3.8) is 0 Å². The van der Waals surface area contributed by atoms with E-state index in [1.54, 1.807) is 19.1 Å². The predicted octanol–water partition coefficient (Wildman–Crippen LogP) is 2.16. The molecule has 1 rings (SSSR count). The van der Waals surface area contributed by atoms with Gasteiger partial charge in [-0.3, -0.25) is 0 Å². The van der Waals surface area contributed by atoms with Gasteiger partial charge in [0.15, 0.2) is 0 Å². The maximum atomic E-state index is 11.5. The molecule has 0 radical (unpaired) electrons. The lowest BCUT2D eigenvalue weighted by Crippen LogP contribution is -2.02. The number of halogens is 1. The number of pyridine rings is 1. The summed E-state index contributed by atoms with van der Waals surface area (Å²) >= 11 is 5.68.